The standard InChI is InChI=1S/C12H16O2.H2Se/c13-12(14)10-6-2-5-9-11-7-3-1-4-8-11;/h1,3-4,7-8H,2,5-6,9-10H2,(H,13,14);1H2. The summed E-state index contributed by atoms with van der Waals surface area (Å²) in [6, 6.07) is 10.3. The predicted molar refractivity (Wildman–Crippen MR) is 64.8 cm³/mol. The molecule has 0 aliphatic heterocycles. The minimum atomic E-state index is -0.690. The summed E-state index contributed by atoms with van der Waals surface area (Å²) in [5.41, 5.74) is 1.34. The molecule has 0 amide bonds. The van der Waals surface area contributed by atoms with Gasteiger partial charge in [-0.1, -0.05) is 36.8 Å². The molecule has 0 atom stereocenters. The van der Waals surface area contributed by atoms with Gasteiger partial charge in [-0.15, -0.1) is 0 Å². The van der Waals surface area contributed by atoms with Gasteiger partial charge in [0.05, 0.1) is 0 Å². The van der Waals surface area contributed by atoms with Crippen molar-refractivity contribution in [3.8, 4) is 0 Å². The molecule has 0 saturated carbocycles. The average Bonchev–Trinajstić information content (AvgIpc) is 2.18. The maximum atomic E-state index is 10.2. The van der Waals surface area contributed by atoms with Gasteiger partial charge < -0.3 is 5.11 Å². The normalized spacial score (nSPS) is 9.33. The molecule has 1 N–H and O–H groups in total. The van der Waals surface area contributed by atoms with E-state index in [1.54, 1.807) is 0 Å². The van der Waals surface area contributed by atoms with Crippen LogP contribution in [0, 0.1) is 0 Å². The van der Waals surface area contributed by atoms with Crippen molar-refractivity contribution in [2.24, 2.45) is 0 Å². The summed E-state index contributed by atoms with van der Waals surface area (Å²) in [5, 5.41) is 8.43. The molecule has 1 aromatic rings. The molecule has 0 aliphatic rings. The van der Waals surface area contributed by atoms with Crippen LogP contribution in [-0.4, -0.2) is 28.1 Å². The second-order valence-corrected chi connectivity index (χ2v) is 3.44. The van der Waals surface area contributed by atoms with Gasteiger partial charge in [-0.05, 0) is 24.8 Å². The molecular formula is C12H18O2Se. The van der Waals surface area contributed by atoms with Crippen molar-refractivity contribution < 1.29 is 9.90 Å². The molecule has 2 nitrogen and oxygen atoms in total. The van der Waals surface area contributed by atoms with Crippen molar-refractivity contribution in [3.05, 3.63) is 35.9 Å². The van der Waals surface area contributed by atoms with E-state index in [4.69, 9.17) is 5.11 Å². The van der Waals surface area contributed by atoms with Crippen LogP contribution in [-0.2, 0) is 11.2 Å². The Labute approximate surface area is 101 Å². The van der Waals surface area contributed by atoms with Crippen LogP contribution in [0.4, 0.5) is 0 Å². The fourth-order valence-corrected chi connectivity index (χ4v) is 1.43. The number of carbonyl (C=O) groups is 1. The van der Waals surface area contributed by atoms with E-state index >= 15 is 0 Å². The van der Waals surface area contributed by atoms with Crippen molar-refractivity contribution in [2.75, 3.05) is 0 Å². The van der Waals surface area contributed by atoms with E-state index in [1.807, 2.05) is 18.2 Å². The number of aliphatic carboxylic acids is 1. The van der Waals surface area contributed by atoms with Crippen molar-refractivity contribution >= 4 is 23.0 Å². The summed E-state index contributed by atoms with van der Waals surface area (Å²) in [7, 11) is 0. The number of hydrogen-bond acceptors (Lipinski definition) is 1. The minimum absolute atomic E-state index is 0. The molecule has 15 heavy (non-hydrogen) atoms. The van der Waals surface area contributed by atoms with Gasteiger partial charge in [0, 0.05) is 6.42 Å². The van der Waals surface area contributed by atoms with Gasteiger partial charge in [-0.25, -0.2) is 0 Å². The fourth-order valence-electron chi connectivity index (χ4n) is 1.43. The number of rotatable bonds is 6. The first kappa shape index (κ1) is 14.2. The molecule has 0 heterocycles. The molecule has 0 fully saturated rings. The van der Waals surface area contributed by atoms with Crippen LogP contribution in [0.5, 0.6) is 0 Å². The monoisotopic (exact) mass is 274 g/mol. The first-order valence-corrected chi connectivity index (χ1v) is 5.05. The molecule has 0 bridgehead atoms. The van der Waals surface area contributed by atoms with Crippen molar-refractivity contribution in [1.29, 1.82) is 0 Å². The van der Waals surface area contributed by atoms with E-state index in [0.717, 1.165) is 25.7 Å². The fraction of sp³-hybridized carbons (Fsp3) is 0.417. The Kier molecular flexibility index (Phi) is 8.06. The molecule has 0 aromatic heterocycles. The summed E-state index contributed by atoms with van der Waals surface area (Å²) in [5.74, 6) is -0.690. The van der Waals surface area contributed by atoms with Gasteiger partial charge in [0.25, 0.3) is 0 Å². The second kappa shape index (κ2) is 8.51. The van der Waals surface area contributed by atoms with E-state index in [1.165, 1.54) is 5.56 Å². The average molecular weight is 273 g/mol. The van der Waals surface area contributed by atoms with E-state index in [2.05, 4.69) is 12.1 Å². The topological polar surface area (TPSA) is 37.3 Å². The van der Waals surface area contributed by atoms with Gasteiger partial charge >= 0.3 is 23.0 Å². The SMILES string of the molecule is O=C(O)CCCCCc1ccccc1.[SeH2]. The van der Waals surface area contributed by atoms with E-state index in [0.29, 0.717) is 6.42 Å². The Morgan fingerprint density at radius 2 is 1.73 bits per heavy atom. The van der Waals surface area contributed by atoms with Crippen LogP contribution >= 0.6 is 0 Å². The zero-order chi connectivity index (χ0) is 10.2. The van der Waals surface area contributed by atoms with Gasteiger partial charge in [-0.3, -0.25) is 4.79 Å². The molecule has 1 aromatic carbocycles. The molecule has 1 rings (SSSR count). The molecule has 0 unspecified atom stereocenters. The van der Waals surface area contributed by atoms with Gasteiger partial charge in [0.2, 0.25) is 0 Å². The van der Waals surface area contributed by atoms with Gasteiger partial charge in [-0.2, -0.15) is 0 Å². The third-order valence-electron chi connectivity index (χ3n) is 2.20. The quantitative estimate of drug-likeness (QED) is 0.635. The predicted octanol–water partition coefficient (Wildman–Crippen LogP) is 1.96. The van der Waals surface area contributed by atoms with Gasteiger partial charge in [0.1, 0.15) is 0 Å². The third kappa shape index (κ3) is 7.18. The van der Waals surface area contributed by atoms with Gasteiger partial charge in [0.15, 0.2) is 0 Å². The van der Waals surface area contributed by atoms with Crippen molar-refractivity contribution in [3.63, 3.8) is 0 Å². The summed E-state index contributed by atoms with van der Waals surface area (Å²) >= 11 is 0. The molecular weight excluding hydrogens is 255 g/mol. The van der Waals surface area contributed by atoms with Crippen LogP contribution in [0.3, 0.4) is 0 Å². The van der Waals surface area contributed by atoms with E-state index in [9.17, 15) is 4.79 Å². The molecule has 0 spiro atoms. The molecule has 0 radical (unpaired) electrons. The Balaban J connectivity index is 0.00000196. The van der Waals surface area contributed by atoms with Crippen molar-refractivity contribution in [1.82, 2.24) is 0 Å². The van der Waals surface area contributed by atoms with Crippen LogP contribution in [0.1, 0.15) is 31.2 Å². The first-order valence-electron chi connectivity index (χ1n) is 5.05. The summed E-state index contributed by atoms with van der Waals surface area (Å²) < 4.78 is 0. The third-order valence-corrected chi connectivity index (χ3v) is 2.20. The molecule has 3 heteroatoms. The van der Waals surface area contributed by atoms with Crippen molar-refractivity contribution in [2.45, 2.75) is 32.1 Å². The Morgan fingerprint density at radius 1 is 1.07 bits per heavy atom. The summed E-state index contributed by atoms with van der Waals surface area (Å²) in [6.45, 7) is 0. The van der Waals surface area contributed by atoms with E-state index in [-0.39, 0.29) is 17.1 Å². The first-order chi connectivity index (χ1) is 6.79. The van der Waals surface area contributed by atoms with E-state index < -0.39 is 5.97 Å². The number of benzene rings is 1. The molecule has 0 saturated heterocycles. The summed E-state index contributed by atoms with van der Waals surface area (Å²) in [6.07, 6.45) is 4.23. The Morgan fingerprint density at radius 3 is 2.33 bits per heavy atom. The van der Waals surface area contributed by atoms with Crippen LogP contribution in [0.25, 0.3) is 0 Å². The number of aryl methyl sites for hydroxylation is 1. The molecule has 84 valence electrons. The molecule has 0 aliphatic carbocycles. The van der Waals surface area contributed by atoms with Crippen LogP contribution < -0.4 is 0 Å². The Hall–Kier alpha value is -0.791. The number of carboxylic acids is 1. The maximum absolute atomic E-state index is 10.2. The van der Waals surface area contributed by atoms with Crippen LogP contribution in [0.15, 0.2) is 30.3 Å². The van der Waals surface area contributed by atoms with Crippen LogP contribution in [0.2, 0.25) is 0 Å². The second-order valence-electron chi connectivity index (χ2n) is 3.44. The number of carboxylic acid groups (broad SMARTS) is 1. The zero-order valence-corrected chi connectivity index (χ0v) is 10.9. The summed E-state index contributed by atoms with van der Waals surface area (Å²) in [4.78, 5) is 10.2. The number of hydrogen-bond donors (Lipinski definition) is 1. The number of unbranched alkanes of at least 4 members (excludes halogenated alkanes) is 2. The Bertz CT molecular complexity index is 272. The zero-order valence-electron chi connectivity index (χ0n) is 8.78.